The third-order valence-electron chi connectivity index (χ3n) is 3.07. The summed E-state index contributed by atoms with van der Waals surface area (Å²) in [6, 6.07) is 11.4. The highest BCUT2D eigenvalue weighted by molar-refractivity contribution is 7.67. The van der Waals surface area contributed by atoms with E-state index in [2.05, 4.69) is 5.09 Å². The third-order valence-corrected chi connectivity index (χ3v) is 4.86. The van der Waals surface area contributed by atoms with Crippen LogP contribution in [-0.2, 0) is 9.13 Å². The van der Waals surface area contributed by atoms with Crippen molar-refractivity contribution in [2.24, 2.45) is 22.0 Å². The minimum Gasteiger partial charge on any atom is -0.507 e. The van der Waals surface area contributed by atoms with E-state index in [0.29, 0.717) is 11.3 Å². The Morgan fingerprint density at radius 1 is 0.917 bits per heavy atom. The first-order chi connectivity index (χ1) is 11.1. The van der Waals surface area contributed by atoms with Crippen LogP contribution in [0.1, 0.15) is 11.1 Å². The molecule has 0 spiro atoms. The molecule has 0 fully saturated rings. The smallest absolute Gasteiger partial charge is 0.298 e. The van der Waals surface area contributed by atoms with Crippen molar-refractivity contribution in [3.8, 4) is 5.75 Å². The summed E-state index contributed by atoms with van der Waals surface area (Å²) in [7, 11) is -6.97. The lowest BCUT2D eigenvalue weighted by atomic mass is 10.1. The van der Waals surface area contributed by atoms with Gasteiger partial charge in [-0.05, 0) is 29.3 Å². The molecule has 8 nitrogen and oxygen atoms in total. The molecule has 0 atom stereocenters. The molecular weight excluding hydrogens is 348 g/mol. The molecule has 0 unspecified atom stereocenters. The fourth-order valence-corrected chi connectivity index (χ4v) is 3.66. The molecule has 0 aliphatic carbocycles. The predicted octanol–water partition coefficient (Wildman–Crippen LogP) is 1.74. The van der Waals surface area contributed by atoms with Gasteiger partial charge in [-0.25, -0.2) is 0 Å². The minimum absolute atomic E-state index is 0.0201. The number of nitrogens with one attached hydrogen (secondary N) is 1. The monoisotopic (exact) mass is 367 g/mol. The largest absolute Gasteiger partial charge is 0.507 e. The Labute approximate surface area is 139 Å². The first-order valence-corrected chi connectivity index (χ1v) is 10.5. The normalized spacial score (nSPS) is 12.5. The summed E-state index contributed by atoms with van der Waals surface area (Å²) in [5.74, 6) is -0.216. The molecule has 0 saturated heterocycles. The highest BCUT2D eigenvalue weighted by Gasteiger charge is 2.20. The Morgan fingerprint density at radius 2 is 1.54 bits per heavy atom. The number of hydrogen-bond donors (Lipinski definition) is 6. The second-order valence-corrected chi connectivity index (χ2v) is 8.71. The van der Waals surface area contributed by atoms with Crippen LogP contribution in [0.3, 0.4) is 0 Å². The number of rotatable bonds is 5. The van der Waals surface area contributed by atoms with Crippen LogP contribution in [-0.4, -0.2) is 5.11 Å². The van der Waals surface area contributed by atoms with Gasteiger partial charge >= 0.3 is 0 Å². The molecule has 24 heavy (non-hydrogen) atoms. The van der Waals surface area contributed by atoms with Gasteiger partial charge < -0.3 is 10.2 Å². The summed E-state index contributed by atoms with van der Waals surface area (Å²) in [5, 5.41) is 12.4. The third kappa shape index (κ3) is 5.04. The number of benzene rings is 2. The zero-order chi connectivity index (χ0) is 18.0. The predicted molar refractivity (Wildman–Crippen MR) is 98.7 cm³/mol. The number of anilines is 1. The second kappa shape index (κ2) is 6.91. The summed E-state index contributed by atoms with van der Waals surface area (Å²) in [4.78, 5) is 0. The van der Waals surface area contributed by atoms with Crippen molar-refractivity contribution in [1.82, 2.24) is 0 Å². The quantitative estimate of drug-likeness (QED) is 0.343. The molecule has 0 saturated carbocycles. The maximum absolute atomic E-state index is 11.9. The van der Waals surface area contributed by atoms with E-state index in [4.69, 9.17) is 22.0 Å². The van der Waals surface area contributed by atoms with Crippen LogP contribution in [0.15, 0.2) is 42.5 Å². The maximum Gasteiger partial charge on any atom is 0.298 e. The van der Waals surface area contributed by atoms with Crippen LogP contribution in [0.4, 0.5) is 5.69 Å². The van der Waals surface area contributed by atoms with Gasteiger partial charge in [-0.2, -0.15) is 0 Å². The highest BCUT2D eigenvalue weighted by atomic mass is 31.2. The Hall–Kier alpha value is -1.92. The van der Waals surface area contributed by atoms with Crippen LogP contribution >= 0.6 is 15.0 Å². The van der Waals surface area contributed by atoms with Gasteiger partial charge in [-0.1, -0.05) is 36.4 Å². The van der Waals surface area contributed by atoms with Gasteiger partial charge in [0, 0.05) is 5.69 Å². The van der Waals surface area contributed by atoms with Gasteiger partial charge in [0.1, 0.15) is 5.75 Å². The molecule has 128 valence electrons. The summed E-state index contributed by atoms with van der Waals surface area (Å²) in [5.41, 5.74) is 23.2. The molecule has 2 aromatic carbocycles. The standard InChI is InChI=1S/C14H19N5O3P2/c15-23(16,21)14-11(2-1-3-13(14)20)7-4-10-5-8-12(9-6-10)19-24(17,18)22/h1-9,20H,(H4,15,16,21)(H5,17,18,19,22). The van der Waals surface area contributed by atoms with Crippen molar-refractivity contribution in [3.05, 3.63) is 53.6 Å². The van der Waals surface area contributed by atoms with Gasteiger partial charge in [0.15, 0.2) is 0 Å². The van der Waals surface area contributed by atoms with Crippen LogP contribution in [0, 0.1) is 0 Å². The lowest BCUT2D eigenvalue weighted by molar-refractivity contribution is 0.478. The summed E-state index contributed by atoms with van der Waals surface area (Å²) in [6.45, 7) is 0. The van der Waals surface area contributed by atoms with E-state index in [1.54, 1.807) is 48.6 Å². The molecule has 0 radical (unpaired) electrons. The summed E-state index contributed by atoms with van der Waals surface area (Å²) < 4.78 is 23.2. The average Bonchev–Trinajstić information content (AvgIpc) is 2.43. The number of phenols is 1. The highest BCUT2D eigenvalue weighted by Crippen LogP contribution is 2.32. The van der Waals surface area contributed by atoms with Crippen LogP contribution < -0.4 is 32.4 Å². The van der Waals surface area contributed by atoms with Gasteiger partial charge in [0.2, 0.25) is 7.44 Å². The topological polar surface area (TPSA) is 170 Å². The fourth-order valence-electron chi connectivity index (χ4n) is 2.12. The Bertz CT molecular complexity index is 855. The van der Waals surface area contributed by atoms with Gasteiger partial charge in [-0.3, -0.25) is 31.1 Å². The Kier molecular flexibility index (Phi) is 5.30. The fraction of sp³-hybridized carbons (Fsp3) is 0. The number of nitrogens with two attached hydrogens (primary N) is 4. The van der Waals surface area contributed by atoms with Gasteiger partial charge in [-0.15, -0.1) is 0 Å². The molecule has 10 N–H and O–H groups in total. The lowest BCUT2D eigenvalue weighted by Gasteiger charge is -2.12. The number of aromatic hydroxyl groups is 1. The first-order valence-electron chi connectivity index (χ1n) is 6.79. The molecule has 2 aromatic rings. The Morgan fingerprint density at radius 3 is 2.08 bits per heavy atom. The average molecular weight is 367 g/mol. The SMILES string of the molecule is NP(N)(=O)Nc1ccc(C=Cc2cccc(O)c2P(N)(N)=O)cc1. The van der Waals surface area contributed by atoms with Gasteiger partial charge in [0.25, 0.3) is 7.59 Å². The van der Waals surface area contributed by atoms with Crippen molar-refractivity contribution in [2.75, 3.05) is 5.09 Å². The molecular formula is C14H19N5O3P2. The van der Waals surface area contributed by atoms with Crippen molar-refractivity contribution < 1.29 is 14.2 Å². The Balaban J connectivity index is 2.28. The van der Waals surface area contributed by atoms with Crippen molar-refractivity contribution in [2.45, 2.75) is 0 Å². The van der Waals surface area contributed by atoms with Crippen molar-refractivity contribution in [1.29, 1.82) is 0 Å². The molecule has 0 aliphatic rings. The molecule has 0 aromatic heterocycles. The zero-order valence-corrected chi connectivity index (χ0v) is 14.5. The van der Waals surface area contributed by atoms with Gasteiger partial charge in [0.05, 0.1) is 5.30 Å². The molecule has 10 heteroatoms. The molecule has 2 rings (SSSR count). The molecule has 0 bridgehead atoms. The van der Waals surface area contributed by atoms with E-state index in [-0.39, 0.29) is 11.1 Å². The first kappa shape index (κ1) is 18.4. The van der Waals surface area contributed by atoms with E-state index in [1.165, 1.54) is 6.07 Å². The molecule has 0 amide bonds. The van der Waals surface area contributed by atoms with Crippen LogP contribution in [0.5, 0.6) is 5.75 Å². The van der Waals surface area contributed by atoms with E-state index in [0.717, 1.165) is 5.56 Å². The molecule has 0 heterocycles. The number of hydrogen-bond acceptors (Lipinski definition) is 3. The lowest BCUT2D eigenvalue weighted by Crippen LogP contribution is -2.21. The summed E-state index contributed by atoms with van der Waals surface area (Å²) in [6.07, 6.45) is 3.36. The molecule has 0 aliphatic heterocycles. The van der Waals surface area contributed by atoms with E-state index < -0.39 is 15.0 Å². The van der Waals surface area contributed by atoms with Crippen molar-refractivity contribution >= 4 is 38.2 Å². The second-order valence-electron chi connectivity index (χ2n) is 5.20. The van der Waals surface area contributed by atoms with Crippen molar-refractivity contribution in [3.63, 3.8) is 0 Å². The van der Waals surface area contributed by atoms with E-state index in [9.17, 15) is 14.2 Å². The summed E-state index contributed by atoms with van der Waals surface area (Å²) >= 11 is 0. The van der Waals surface area contributed by atoms with E-state index >= 15 is 0 Å². The minimum atomic E-state index is -3.62. The maximum atomic E-state index is 11.9. The number of phenolic OH excluding ortho intramolecular Hbond substituents is 1. The zero-order valence-electron chi connectivity index (χ0n) is 12.7. The van der Waals surface area contributed by atoms with Crippen LogP contribution in [0.25, 0.3) is 12.2 Å². The van der Waals surface area contributed by atoms with E-state index in [1.807, 2.05) is 0 Å². The van der Waals surface area contributed by atoms with Crippen LogP contribution in [0.2, 0.25) is 0 Å².